The predicted octanol–water partition coefficient (Wildman–Crippen LogP) is 12.2. The molecular formula is C44H85NO4. The predicted molar refractivity (Wildman–Crippen MR) is 213 cm³/mol. The topological polar surface area (TPSA) is 89.8 Å². The number of hydrogen-bond acceptors (Lipinski definition) is 4. The van der Waals surface area contributed by atoms with Crippen molar-refractivity contribution < 1.29 is 20.1 Å². The second kappa shape index (κ2) is 39.6. The van der Waals surface area contributed by atoms with Crippen LogP contribution in [-0.2, 0) is 4.79 Å². The van der Waals surface area contributed by atoms with Gasteiger partial charge in [0.25, 0.3) is 0 Å². The van der Waals surface area contributed by atoms with Gasteiger partial charge in [0.2, 0.25) is 5.91 Å². The number of aliphatic hydroxyl groups excluding tert-OH is 3. The van der Waals surface area contributed by atoms with E-state index in [2.05, 4.69) is 43.5 Å². The van der Waals surface area contributed by atoms with Crippen LogP contribution in [-0.4, -0.2) is 46.1 Å². The molecule has 290 valence electrons. The van der Waals surface area contributed by atoms with E-state index < -0.39 is 18.2 Å². The molecule has 1 amide bonds. The highest BCUT2D eigenvalue weighted by atomic mass is 16.3. The zero-order valence-corrected chi connectivity index (χ0v) is 32.8. The van der Waals surface area contributed by atoms with Crippen LogP contribution < -0.4 is 5.32 Å². The van der Waals surface area contributed by atoms with Crippen LogP contribution in [0.5, 0.6) is 0 Å². The third-order valence-electron chi connectivity index (χ3n) is 10.0. The van der Waals surface area contributed by atoms with Gasteiger partial charge < -0.3 is 20.6 Å². The minimum absolute atomic E-state index is 0.156. The van der Waals surface area contributed by atoms with E-state index in [9.17, 15) is 20.1 Å². The molecule has 0 bridgehead atoms. The van der Waals surface area contributed by atoms with Gasteiger partial charge in [-0.1, -0.05) is 192 Å². The molecule has 0 fully saturated rings. The molecule has 0 saturated carbocycles. The molecule has 0 aliphatic rings. The van der Waals surface area contributed by atoms with Gasteiger partial charge in [0, 0.05) is 6.42 Å². The lowest BCUT2D eigenvalue weighted by atomic mass is 10.0. The van der Waals surface area contributed by atoms with Crippen LogP contribution in [0.2, 0.25) is 0 Å². The second-order valence-corrected chi connectivity index (χ2v) is 14.9. The zero-order chi connectivity index (χ0) is 35.9. The Labute approximate surface area is 305 Å². The van der Waals surface area contributed by atoms with Gasteiger partial charge in [-0.15, -0.1) is 0 Å². The zero-order valence-electron chi connectivity index (χ0n) is 32.8. The highest BCUT2D eigenvalue weighted by Gasteiger charge is 2.26. The number of unbranched alkanes of at least 4 members (excludes halogenated alkanes) is 27. The van der Waals surface area contributed by atoms with Crippen molar-refractivity contribution in [3.05, 3.63) is 24.3 Å². The van der Waals surface area contributed by atoms with Gasteiger partial charge in [-0.25, -0.2) is 0 Å². The molecule has 49 heavy (non-hydrogen) atoms. The summed E-state index contributed by atoms with van der Waals surface area (Å²) in [4.78, 5) is 12.4. The number of amides is 1. The summed E-state index contributed by atoms with van der Waals surface area (Å²) in [6.07, 6.45) is 47.1. The molecule has 0 saturated heterocycles. The van der Waals surface area contributed by atoms with Crippen LogP contribution in [0.3, 0.4) is 0 Å². The first kappa shape index (κ1) is 47.8. The van der Waals surface area contributed by atoms with E-state index in [1.54, 1.807) is 0 Å². The van der Waals surface area contributed by atoms with Gasteiger partial charge in [-0.2, -0.15) is 0 Å². The first-order valence-electron chi connectivity index (χ1n) is 21.6. The molecule has 0 aromatic heterocycles. The van der Waals surface area contributed by atoms with Crippen molar-refractivity contribution in [1.82, 2.24) is 5.32 Å². The summed E-state index contributed by atoms with van der Waals surface area (Å²) in [6, 6.07) is -0.828. The van der Waals surface area contributed by atoms with E-state index in [1.807, 2.05) is 0 Å². The minimum Gasteiger partial charge on any atom is -0.394 e. The van der Waals surface area contributed by atoms with Crippen LogP contribution in [0.15, 0.2) is 24.3 Å². The maximum absolute atomic E-state index is 12.4. The molecule has 0 aliphatic heterocycles. The van der Waals surface area contributed by atoms with Crippen LogP contribution in [0.4, 0.5) is 0 Å². The fourth-order valence-corrected chi connectivity index (χ4v) is 6.65. The quantitative estimate of drug-likeness (QED) is 0.0381. The second-order valence-electron chi connectivity index (χ2n) is 14.9. The Morgan fingerprint density at radius 3 is 1.24 bits per heavy atom. The summed E-state index contributed by atoms with van der Waals surface area (Å²) in [5.41, 5.74) is 0. The van der Waals surface area contributed by atoms with Gasteiger partial charge >= 0.3 is 0 Å². The summed E-state index contributed by atoms with van der Waals surface area (Å²) >= 11 is 0. The molecule has 0 heterocycles. The SMILES string of the molecule is CCCCCCCCCCCC/C=C/CC/C=C/CCCC(O)C(O)C(CO)NC(=O)CCCCCCCCCCCCCCCCCC. The monoisotopic (exact) mass is 692 g/mol. The Morgan fingerprint density at radius 2 is 0.837 bits per heavy atom. The number of nitrogens with one attached hydrogen (secondary N) is 1. The Hall–Kier alpha value is -1.17. The van der Waals surface area contributed by atoms with Crippen molar-refractivity contribution in [2.24, 2.45) is 0 Å². The van der Waals surface area contributed by atoms with Crippen molar-refractivity contribution in [2.75, 3.05) is 6.61 Å². The number of aliphatic hydroxyl groups is 3. The van der Waals surface area contributed by atoms with E-state index in [0.29, 0.717) is 12.8 Å². The minimum atomic E-state index is -1.16. The molecule has 0 aliphatic carbocycles. The van der Waals surface area contributed by atoms with Gasteiger partial charge in [-0.3, -0.25) is 4.79 Å². The molecule has 0 aromatic rings. The van der Waals surface area contributed by atoms with Gasteiger partial charge in [0.15, 0.2) is 0 Å². The van der Waals surface area contributed by atoms with Crippen molar-refractivity contribution in [1.29, 1.82) is 0 Å². The number of allylic oxidation sites excluding steroid dienone is 4. The summed E-state index contributed by atoms with van der Waals surface area (Å²) in [5.74, 6) is -0.156. The third-order valence-corrected chi connectivity index (χ3v) is 10.0. The Kier molecular flexibility index (Phi) is 38.7. The van der Waals surface area contributed by atoms with Crippen molar-refractivity contribution in [2.45, 2.75) is 244 Å². The standard InChI is InChI=1S/C44H85NO4/c1-3-5-7-9-11-13-15-17-19-21-22-23-24-26-28-30-32-34-36-38-42(47)44(49)41(40-46)45-43(48)39-37-35-33-31-29-27-25-20-18-16-14-12-10-8-6-4-2/h23-24,30,32,41-42,44,46-47,49H,3-22,25-29,31,33-40H2,1-2H3,(H,45,48)/b24-23+,32-30+. The van der Waals surface area contributed by atoms with Gasteiger partial charge in [-0.05, 0) is 51.4 Å². The van der Waals surface area contributed by atoms with E-state index in [0.717, 1.165) is 44.9 Å². The molecule has 0 rings (SSSR count). The smallest absolute Gasteiger partial charge is 0.220 e. The summed E-state index contributed by atoms with van der Waals surface area (Å²) in [5, 5.41) is 33.5. The third kappa shape index (κ3) is 35.0. The lowest BCUT2D eigenvalue weighted by Crippen LogP contribution is -2.50. The molecule has 0 radical (unpaired) electrons. The normalized spacial score (nSPS) is 13.8. The highest BCUT2D eigenvalue weighted by Crippen LogP contribution is 2.15. The molecule has 5 heteroatoms. The Balaban J connectivity index is 3.69. The van der Waals surface area contributed by atoms with Crippen LogP contribution in [0.1, 0.15) is 226 Å². The highest BCUT2D eigenvalue weighted by molar-refractivity contribution is 5.76. The molecule has 0 spiro atoms. The van der Waals surface area contributed by atoms with Crippen molar-refractivity contribution in [3.8, 4) is 0 Å². The molecule has 5 nitrogen and oxygen atoms in total. The largest absolute Gasteiger partial charge is 0.394 e. The average molecular weight is 692 g/mol. The van der Waals surface area contributed by atoms with Crippen LogP contribution in [0.25, 0.3) is 0 Å². The van der Waals surface area contributed by atoms with Crippen molar-refractivity contribution >= 4 is 5.91 Å². The number of hydrogen-bond donors (Lipinski definition) is 4. The molecule has 3 atom stereocenters. The van der Waals surface area contributed by atoms with Crippen LogP contribution in [0, 0.1) is 0 Å². The van der Waals surface area contributed by atoms with Crippen LogP contribution >= 0.6 is 0 Å². The van der Waals surface area contributed by atoms with Crippen molar-refractivity contribution in [3.63, 3.8) is 0 Å². The molecule has 4 N–H and O–H groups in total. The molecule has 0 aromatic carbocycles. The first-order valence-corrected chi connectivity index (χ1v) is 21.6. The van der Waals surface area contributed by atoms with Gasteiger partial charge in [0.1, 0.15) is 6.10 Å². The lowest BCUT2D eigenvalue weighted by molar-refractivity contribution is -0.124. The maximum atomic E-state index is 12.4. The number of carbonyl (C=O) groups excluding carboxylic acids is 1. The Morgan fingerprint density at radius 1 is 0.490 bits per heavy atom. The van der Waals surface area contributed by atoms with E-state index in [-0.39, 0.29) is 12.5 Å². The molecular weight excluding hydrogens is 606 g/mol. The summed E-state index contributed by atoms with van der Waals surface area (Å²) in [7, 11) is 0. The first-order chi connectivity index (χ1) is 24.1. The van der Waals surface area contributed by atoms with Gasteiger partial charge in [0.05, 0.1) is 18.8 Å². The fraction of sp³-hybridized carbons (Fsp3) is 0.886. The number of rotatable bonds is 39. The van der Waals surface area contributed by atoms with E-state index >= 15 is 0 Å². The fourth-order valence-electron chi connectivity index (χ4n) is 6.65. The number of carbonyl (C=O) groups is 1. The molecule has 3 unspecified atom stereocenters. The van der Waals surface area contributed by atoms with E-state index in [1.165, 1.54) is 154 Å². The average Bonchev–Trinajstić information content (AvgIpc) is 3.10. The summed E-state index contributed by atoms with van der Waals surface area (Å²) < 4.78 is 0. The van der Waals surface area contributed by atoms with E-state index in [4.69, 9.17) is 0 Å². The lowest BCUT2D eigenvalue weighted by Gasteiger charge is -2.26. The Bertz CT molecular complexity index is 724. The summed E-state index contributed by atoms with van der Waals surface area (Å²) in [6.45, 7) is 4.17. The maximum Gasteiger partial charge on any atom is 0.220 e.